The van der Waals surface area contributed by atoms with Gasteiger partial charge >= 0.3 is 6.18 Å². The summed E-state index contributed by atoms with van der Waals surface area (Å²) in [5, 5.41) is 3.35. The van der Waals surface area contributed by atoms with Crippen LogP contribution in [-0.4, -0.2) is 13.1 Å². The summed E-state index contributed by atoms with van der Waals surface area (Å²) < 4.78 is 38.4. The summed E-state index contributed by atoms with van der Waals surface area (Å²) >= 11 is 0. The maximum absolute atomic E-state index is 12.8. The minimum absolute atomic E-state index is 0.153. The Morgan fingerprint density at radius 1 is 0.826 bits per heavy atom. The highest BCUT2D eigenvalue weighted by atomic mass is 19.4. The van der Waals surface area contributed by atoms with Crippen LogP contribution in [0.5, 0.6) is 0 Å². The van der Waals surface area contributed by atoms with E-state index >= 15 is 0 Å². The molecule has 23 heavy (non-hydrogen) atoms. The van der Waals surface area contributed by atoms with Crippen LogP contribution >= 0.6 is 0 Å². The molecule has 1 atom stereocenters. The molecule has 4 heteroatoms. The van der Waals surface area contributed by atoms with E-state index in [0.29, 0.717) is 5.92 Å². The van der Waals surface area contributed by atoms with E-state index in [4.69, 9.17) is 0 Å². The minimum atomic E-state index is -4.28. The van der Waals surface area contributed by atoms with Gasteiger partial charge < -0.3 is 5.32 Å². The van der Waals surface area contributed by atoms with Crippen molar-refractivity contribution in [3.8, 4) is 0 Å². The van der Waals surface area contributed by atoms with Gasteiger partial charge in [-0.25, -0.2) is 0 Å². The van der Waals surface area contributed by atoms with Gasteiger partial charge in [-0.1, -0.05) is 42.5 Å². The van der Waals surface area contributed by atoms with E-state index in [1.54, 1.807) is 12.1 Å². The lowest BCUT2D eigenvalue weighted by Crippen LogP contribution is -2.31. The first kappa shape index (κ1) is 16.1. The summed E-state index contributed by atoms with van der Waals surface area (Å²) in [7, 11) is 0. The summed E-state index contributed by atoms with van der Waals surface area (Å²) in [5.74, 6) is 0.607. The minimum Gasteiger partial charge on any atom is -0.317 e. The quantitative estimate of drug-likeness (QED) is 0.854. The third-order valence-electron chi connectivity index (χ3n) is 4.61. The van der Waals surface area contributed by atoms with Gasteiger partial charge in [0.1, 0.15) is 0 Å². The van der Waals surface area contributed by atoms with Crippen LogP contribution in [-0.2, 0) is 6.18 Å². The van der Waals surface area contributed by atoms with Crippen molar-refractivity contribution in [3.05, 3.63) is 71.3 Å². The largest absolute Gasteiger partial charge is 0.416 e. The molecular formula is C19H20F3N. The van der Waals surface area contributed by atoms with E-state index < -0.39 is 11.7 Å². The smallest absolute Gasteiger partial charge is 0.317 e. The van der Waals surface area contributed by atoms with Crippen molar-refractivity contribution in [2.24, 2.45) is 5.92 Å². The van der Waals surface area contributed by atoms with Gasteiger partial charge in [-0.3, -0.25) is 0 Å². The number of piperidine rings is 1. The van der Waals surface area contributed by atoms with Crippen molar-refractivity contribution in [2.45, 2.75) is 24.9 Å². The molecule has 0 unspecified atom stereocenters. The molecule has 2 aromatic carbocycles. The van der Waals surface area contributed by atoms with Crippen LogP contribution in [0.4, 0.5) is 13.2 Å². The molecular weight excluding hydrogens is 299 g/mol. The maximum Gasteiger partial charge on any atom is 0.416 e. The molecule has 2 aromatic rings. The van der Waals surface area contributed by atoms with Crippen molar-refractivity contribution in [2.75, 3.05) is 13.1 Å². The highest BCUT2D eigenvalue weighted by Crippen LogP contribution is 2.38. The summed E-state index contributed by atoms with van der Waals surface area (Å²) in [6.07, 6.45) is -2.20. The van der Waals surface area contributed by atoms with Crippen LogP contribution < -0.4 is 5.32 Å². The van der Waals surface area contributed by atoms with E-state index in [1.165, 1.54) is 17.7 Å². The highest BCUT2D eigenvalue weighted by Gasteiger charge is 2.31. The molecule has 3 rings (SSSR count). The molecule has 1 N–H and O–H groups in total. The van der Waals surface area contributed by atoms with Gasteiger partial charge in [-0.2, -0.15) is 13.2 Å². The topological polar surface area (TPSA) is 12.0 Å². The van der Waals surface area contributed by atoms with E-state index in [9.17, 15) is 13.2 Å². The number of hydrogen-bond acceptors (Lipinski definition) is 1. The SMILES string of the molecule is FC(F)(F)c1ccc([C@@H](c2ccccc2)C2CCNCC2)cc1. The van der Waals surface area contributed by atoms with E-state index in [-0.39, 0.29) is 5.92 Å². The maximum atomic E-state index is 12.8. The second-order valence-electron chi connectivity index (χ2n) is 6.10. The summed E-state index contributed by atoms with van der Waals surface area (Å²) in [4.78, 5) is 0. The van der Waals surface area contributed by atoms with Crippen molar-refractivity contribution in [1.82, 2.24) is 5.32 Å². The van der Waals surface area contributed by atoms with Crippen molar-refractivity contribution in [1.29, 1.82) is 0 Å². The second kappa shape index (κ2) is 6.75. The second-order valence-corrected chi connectivity index (χ2v) is 6.10. The molecule has 1 heterocycles. The number of nitrogens with one attached hydrogen (secondary N) is 1. The van der Waals surface area contributed by atoms with Gasteiger partial charge in [0.2, 0.25) is 0 Å². The average molecular weight is 319 g/mol. The predicted molar refractivity (Wildman–Crippen MR) is 85.3 cm³/mol. The molecule has 1 saturated heterocycles. The van der Waals surface area contributed by atoms with Gasteiger partial charge in [-0.15, -0.1) is 0 Å². The fourth-order valence-corrected chi connectivity index (χ4v) is 3.45. The number of benzene rings is 2. The first-order chi connectivity index (χ1) is 11.1. The highest BCUT2D eigenvalue weighted by molar-refractivity contribution is 5.35. The molecule has 0 bridgehead atoms. The predicted octanol–water partition coefficient (Wildman–Crippen LogP) is 4.84. The van der Waals surface area contributed by atoms with Crippen molar-refractivity contribution < 1.29 is 13.2 Å². The summed E-state index contributed by atoms with van der Waals surface area (Å²) in [5.41, 5.74) is 1.56. The van der Waals surface area contributed by atoms with Crippen LogP contribution in [0.1, 0.15) is 35.4 Å². The molecule has 0 saturated carbocycles. The number of rotatable bonds is 3. The average Bonchev–Trinajstić information content (AvgIpc) is 2.57. The van der Waals surface area contributed by atoms with Crippen LogP contribution in [0.2, 0.25) is 0 Å². The zero-order chi connectivity index (χ0) is 16.3. The monoisotopic (exact) mass is 319 g/mol. The van der Waals surface area contributed by atoms with Gasteiger partial charge in [0.15, 0.2) is 0 Å². The van der Waals surface area contributed by atoms with Gasteiger partial charge in [0.25, 0.3) is 0 Å². The lowest BCUT2D eigenvalue weighted by molar-refractivity contribution is -0.137. The van der Waals surface area contributed by atoms with Gasteiger partial charge in [-0.05, 0) is 55.1 Å². The summed E-state index contributed by atoms with van der Waals surface area (Å²) in [6, 6.07) is 15.8. The Labute approximate surface area is 134 Å². The van der Waals surface area contributed by atoms with E-state index in [1.807, 2.05) is 18.2 Å². The number of hydrogen-bond donors (Lipinski definition) is 1. The van der Waals surface area contributed by atoms with Crippen LogP contribution in [0.15, 0.2) is 54.6 Å². The normalized spacial score (nSPS) is 17.9. The van der Waals surface area contributed by atoms with Gasteiger partial charge in [0, 0.05) is 5.92 Å². The molecule has 0 radical (unpaired) electrons. The van der Waals surface area contributed by atoms with Gasteiger partial charge in [0.05, 0.1) is 5.56 Å². The molecule has 1 fully saturated rings. The Morgan fingerprint density at radius 2 is 1.39 bits per heavy atom. The molecule has 1 nitrogen and oxygen atoms in total. The van der Waals surface area contributed by atoms with E-state index in [0.717, 1.165) is 31.5 Å². The lowest BCUT2D eigenvalue weighted by atomic mass is 9.76. The zero-order valence-electron chi connectivity index (χ0n) is 12.8. The molecule has 0 amide bonds. The molecule has 122 valence electrons. The van der Waals surface area contributed by atoms with Crippen LogP contribution in [0.3, 0.4) is 0 Å². The molecule has 1 aliphatic rings. The van der Waals surface area contributed by atoms with Crippen LogP contribution in [0.25, 0.3) is 0 Å². The Hall–Kier alpha value is -1.81. The molecule has 1 aliphatic heterocycles. The summed E-state index contributed by atoms with van der Waals surface area (Å²) in [6.45, 7) is 1.93. The Morgan fingerprint density at radius 3 is 1.96 bits per heavy atom. The third-order valence-corrected chi connectivity index (χ3v) is 4.61. The third kappa shape index (κ3) is 3.75. The number of halogens is 3. The van der Waals surface area contributed by atoms with Crippen LogP contribution in [0, 0.1) is 5.92 Å². The standard InChI is InChI=1S/C19H20F3N/c20-19(21,22)17-8-6-15(7-9-17)18(14-4-2-1-3-5-14)16-10-12-23-13-11-16/h1-9,16,18,23H,10-13H2/t18-/m1/s1. The van der Waals surface area contributed by atoms with Crippen molar-refractivity contribution in [3.63, 3.8) is 0 Å². The lowest BCUT2D eigenvalue weighted by Gasteiger charge is -2.31. The molecule has 0 spiro atoms. The first-order valence-electron chi connectivity index (χ1n) is 7.98. The van der Waals surface area contributed by atoms with E-state index in [2.05, 4.69) is 17.4 Å². The molecule has 0 aliphatic carbocycles. The molecule has 0 aromatic heterocycles. The number of alkyl halides is 3. The Balaban J connectivity index is 1.94. The zero-order valence-corrected chi connectivity index (χ0v) is 12.8. The Kier molecular flexibility index (Phi) is 4.71. The Bertz CT molecular complexity index is 613. The first-order valence-corrected chi connectivity index (χ1v) is 7.98. The van der Waals surface area contributed by atoms with Crippen molar-refractivity contribution >= 4 is 0 Å². The fraction of sp³-hybridized carbons (Fsp3) is 0.368. The fourth-order valence-electron chi connectivity index (χ4n) is 3.45.